The van der Waals surface area contributed by atoms with Crippen LogP contribution in [-0.2, 0) is 14.8 Å². The number of ether oxygens (including phenoxy) is 1. The lowest BCUT2D eigenvalue weighted by atomic mass is 9.94. The predicted octanol–water partition coefficient (Wildman–Crippen LogP) is 3.26. The van der Waals surface area contributed by atoms with Crippen LogP contribution in [0, 0.1) is 18.3 Å². The number of hydrogen-bond acceptors (Lipinski definition) is 9. The molecule has 1 aromatic heterocycles. The number of aryl methyl sites for hydroxylation is 1. The van der Waals surface area contributed by atoms with Crippen molar-refractivity contribution in [2.75, 3.05) is 11.3 Å². The molecule has 3 aromatic carbocycles. The first kappa shape index (κ1) is 33.0. The van der Waals surface area contributed by atoms with Gasteiger partial charge in [-0.25, -0.2) is 8.42 Å². The van der Waals surface area contributed by atoms with Gasteiger partial charge in [-0.1, -0.05) is 67.9 Å². The number of nitrogens with one attached hydrogen (secondary N) is 1. The zero-order chi connectivity index (χ0) is 33.3. The molecule has 12 heteroatoms. The number of pyridine rings is 1. The van der Waals surface area contributed by atoms with E-state index >= 15 is 0 Å². The number of sulfonamides is 1. The Balaban J connectivity index is 1.65. The van der Waals surface area contributed by atoms with Crippen molar-refractivity contribution < 1.29 is 33.6 Å². The molecule has 1 aliphatic heterocycles. The smallest absolute Gasteiger partial charge is 0.271 e. The Morgan fingerprint density at radius 1 is 0.913 bits per heavy atom. The summed E-state index contributed by atoms with van der Waals surface area (Å²) >= 11 is 0. The summed E-state index contributed by atoms with van der Waals surface area (Å²) in [5, 5.41) is 51.8. The van der Waals surface area contributed by atoms with Crippen LogP contribution in [0.3, 0.4) is 0 Å². The lowest BCUT2D eigenvalue weighted by Gasteiger charge is -2.41. The minimum Gasteiger partial charge on any atom is -0.394 e. The second kappa shape index (κ2) is 13.2. The van der Waals surface area contributed by atoms with E-state index < -0.39 is 52.8 Å². The Morgan fingerprint density at radius 3 is 2.09 bits per heavy atom. The minimum atomic E-state index is -3.90. The van der Waals surface area contributed by atoms with Crippen LogP contribution in [0.15, 0.2) is 88.6 Å². The molecule has 5 N–H and O–H groups in total. The highest BCUT2D eigenvalue weighted by atomic mass is 32.2. The van der Waals surface area contributed by atoms with Crippen LogP contribution in [-0.4, -0.2) is 64.4 Å². The van der Waals surface area contributed by atoms with Crippen LogP contribution >= 0.6 is 0 Å². The molecule has 5 atom stereocenters. The summed E-state index contributed by atoms with van der Waals surface area (Å²) in [5.41, 5.74) is 2.57. The molecule has 0 radical (unpaired) electrons. The summed E-state index contributed by atoms with van der Waals surface area (Å²) in [6.45, 7) is 5.22. The lowest BCUT2D eigenvalue weighted by molar-refractivity contribution is -0.251. The third-order valence-electron chi connectivity index (χ3n) is 8.13. The number of aliphatic hydroxyl groups is 4. The van der Waals surface area contributed by atoms with Gasteiger partial charge >= 0.3 is 0 Å². The number of aliphatic hydroxyl groups excluding tert-OH is 4. The van der Waals surface area contributed by atoms with Crippen LogP contribution < -0.4 is 10.3 Å². The highest BCUT2D eigenvalue weighted by molar-refractivity contribution is 7.92. The molecule has 240 valence electrons. The number of benzene rings is 3. The highest BCUT2D eigenvalue weighted by Crippen LogP contribution is 2.35. The molecule has 1 saturated heterocycles. The quantitative estimate of drug-likeness (QED) is 0.192. The number of aromatic nitrogens is 1. The zero-order valence-corrected chi connectivity index (χ0v) is 26.2. The summed E-state index contributed by atoms with van der Waals surface area (Å²) < 4.78 is 35.2. The van der Waals surface area contributed by atoms with Crippen molar-refractivity contribution in [3.8, 4) is 28.5 Å². The largest absolute Gasteiger partial charge is 0.394 e. The average Bonchev–Trinajstić information content (AvgIpc) is 3.04. The number of nitriles is 1. The lowest BCUT2D eigenvalue weighted by Crippen LogP contribution is -2.57. The molecule has 11 nitrogen and oxygen atoms in total. The SMILES string of the molecule is Cc1ccc(S(=O)(=O)Nc2ccc(-c3cc(-c4ccc(C(C)C)cc4)c(C#N)c(=O)n3[C@@H]3O[C@H](CO)[C@H](O)[C@H](O)[C@H]3O)cc2)cc1. The summed E-state index contributed by atoms with van der Waals surface area (Å²) in [6.07, 6.45) is -8.15. The highest BCUT2D eigenvalue weighted by Gasteiger charge is 2.45. The van der Waals surface area contributed by atoms with Crippen LogP contribution in [0.4, 0.5) is 5.69 Å². The first-order valence-corrected chi connectivity index (χ1v) is 16.1. The van der Waals surface area contributed by atoms with E-state index in [-0.39, 0.29) is 27.8 Å². The van der Waals surface area contributed by atoms with E-state index in [1.54, 1.807) is 42.5 Å². The fraction of sp³-hybridized carbons (Fsp3) is 0.294. The Bertz CT molecular complexity index is 1910. The maximum absolute atomic E-state index is 14.1. The minimum absolute atomic E-state index is 0.0823. The van der Waals surface area contributed by atoms with Crippen molar-refractivity contribution in [3.63, 3.8) is 0 Å². The molecule has 0 spiro atoms. The summed E-state index contributed by atoms with van der Waals surface area (Å²) in [6, 6.07) is 23.4. The van der Waals surface area contributed by atoms with Crippen molar-refractivity contribution >= 4 is 15.7 Å². The normalized spacial score (nSPS) is 21.6. The van der Waals surface area contributed by atoms with Gasteiger partial charge in [0.2, 0.25) is 0 Å². The molecule has 0 bridgehead atoms. The first-order valence-electron chi connectivity index (χ1n) is 14.7. The second-order valence-electron chi connectivity index (χ2n) is 11.6. The van der Waals surface area contributed by atoms with Gasteiger partial charge in [0.15, 0.2) is 6.23 Å². The van der Waals surface area contributed by atoms with Crippen molar-refractivity contribution in [3.05, 3.63) is 106 Å². The first-order chi connectivity index (χ1) is 21.9. The van der Waals surface area contributed by atoms with Crippen LogP contribution in [0.5, 0.6) is 0 Å². The number of nitrogens with zero attached hydrogens (tertiary/aromatic N) is 2. The molecule has 4 aromatic rings. The van der Waals surface area contributed by atoms with E-state index in [9.17, 15) is 38.9 Å². The van der Waals surface area contributed by atoms with E-state index in [4.69, 9.17) is 4.74 Å². The summed E-state index contributed by atoms with van der Waals surface area (Å²) in [4.78, 5) is 14.2. The molecule has 46 heavy (non-hydrogen) atoms. The van der Waals surface area contributed by atoms with E-state index in [1.807, 2.05) is 39.0 Å². The third-order valence-corrected chi connectivity index (χ3v) is 9.53. The summed E-state index contributed by atoms with van der Waals surface area (Å²) in [5.74, 6) is 0.251. The maximum atomic E-state index is 14.1. The van der Waals surface area contributed by atoms with Crippen LogP contribution in [0.1, 0.15) is 42.7 Å². The van der Waals surface area contributed by atoms with Gasteiger partial charge in [-0.05, 0) is 59.9 Å². The zero-order valence-electron chi connectivity index (χ0n) is 25.4. The van der Waals surface area contributed by atoms with Gasteiger partial charge < -0.3 is 25.2 Å². The molecular weight excluding hydrogens is 610 g/mol. The Labute approximate surface area is 266 Å². The van der Waals surface area contributed by atoms with Gasteiger partial charge in [-0.15, -0.1) is 0 Å². The standard InChI is InChI=1S/C34H35N3O8S/c1-19(2)21-6-8-22(9-7-21)26-16-28(23-10-12-24(13-11-23)36-46(43,44)25-14-4-20(3)5-15-25)37(33(42)27(26)17-35)34-32(41)31(40)30(39)29(18-38)45-34/h4-16,19,29-32,34,36,38-41H,18H2,1-3H3/t29-,30+,31+,32-,34-/m1/s1. The number of hydrogen-bond donors (Lipinski definition) is 5. The van der Waals surface area contributed by atoms with Crippen molar-refractivity contribution in [2.45, 2.75) is 62.2 Å². The number of rotatable bonds is 8. The van der Waals surface area contributed by atoms with Crippen LogP contribution in [0.25, 0.3) is 22.4 Å². The average molecular weight is 646 g/mol. The maximum Gasteiger partial charge on any atom is 0.271 e. The van der Waals surface area contributed by atoms with Crippen molar-refractivity contribution in [1.82, 2.24) is 4.57 Å². The van der Waals surface area contributed by atoms with E-state index in [0.29, 0.717) is 16.7 Å². The molecule has 5 rings (SSSR count). The summed E-state index contributed by atoms with van der Waals surface area (Å²) in [7, 11) is -3.90. The Morgan fingerprint density at radius 2 is 1.52 bits per heavy atom. The van der Waals surface area contributed by atoms with Gasteiger partial charge in [-0.3, -0.25) is 14.1 Å². The third kappa shape index (κ3) is 6.34. The molecular formula is C34H35N3O8S. The van der Waals surface area contributed by atoms with Gasteiger partial charge in [-0.2, -0.15) is 5.26 Å². The van der Waals surface area contributed by atoms with E-state index in [2.05, 4.69) is 4.72 Å². The van der Waals surface area contributed by atoms with E-state index in [0.717, 1.165) is 15.7 Å². The van der Waals surface area contributed by atoms with Gasteiger partial charge in [0.25, 0.3) is 15.6 Å². The molecule has 0 aliphatic carbocycles. The van der Waals surface area contributed by atoms with Crippen molar-refractivity contribution in [1.29, 1.82) is 5.26 Å². The molecule has 0 amide bonds. The fourth-order valence-corrected chi connectivity index (χ4v) is 6.48. The van der Waals surface area contributed by atoms with Crippen LogP contribution in [0.2, 0.25) is 0 Å². The number of anilines is 1. The monoisotopic (exact) mass is 645 g/mol. The van der Waals surface area contributed by atoms with Gasteiger partial charge in [0.05, 0.1) is 17.2 Å². The Hall–Kier alpha value is -4.35. The fourth-order valence-electron chi connectivity index (χ4n) is 5.42. The van der Waals surface area contributed by atoms with Crippen molar-refractivity contribution in [2.24, 2.45) is 0 Å². The molecule has 0 saturated carbocycles. The van der Waals surface area contributed by atoms with Gasteiger partial charge in [0, 0.05) is 11.3 Å². The van der Waals surface area contributed by atoms with E-state index in [1.165, 1.54) is 24.3 Å². The molecule has 2 heterocycles. The Kier molecular flexibility index (Phi) is 9.46. The molecule has 1 aliphatic rings. The molecule has 1 fully saturated rings. The van der Waals surface area contributed by atoms with Gasteiger partial charge in [0.1, 0.15) is 36.0 Å². The predicted molar refractivity (Wildman–Crippen MR) is 171 cm³/mol. The second-order valence-corrected chi connectivity index (χ2v) is 13.3. The topological polar surface area (TPSA) is 182 Å². The molecule has 0 unspecified atom stereocenters.